The molecule has 2 rings (SSSR count). The van der Waals surface area contributed by atoms with Gasteiger partial charge in [-0.05, 0) is 17.7 Å². The minimum atomic E-state index is -0.356. The summed E-state index contributed by atoms with van der Waals surface area (Å²) in [6.45, 7) is 0.795. The molecule has 0 bridgehead atoms. The fourth-order valence-electron chi connectivity index (χ4n) is 2.07. The number of aliphatic imine (C=N–C) groups is 1. The molecule has 0 spiro atoms. The number of halogens is 1. The SMILES string of the molecule is NC(N)=NC(=O)C1COCC1c1cccc(Cl)c1. The van der Waals surface area contributed by atoms with E-state index in [0.717, 1.165) is 5.56 Å². The highest BCUT2D eigenvalue weighted by Gasteiger charge is 2.35. The molecule has 96 valence electrons. The molecule has 1 aromatic carbocycles. The van der Waals surface area contributed by atoms with E-state index in [0.29, 0.717) is 18.2 Å². The van der Waals surface area contributed by atoms with Gasteiger partial charge in [0.25, 0.3) is 5.91 Å². The molecule has 4 N–H and O–H groups in total. The van der Waals surface area contributed by atoms with E-state index in [-0.39, 0.29) is 23.7 Å². The van der Waals surface area contributed by atoms with E-state index in [1.807, 2.05) is 18.2 Å². The summed E-state index contributed by atoms with van der Waals surface area (Å²) in [6, 6.07) is 7.38. The third-order valence-corrected chi connectivity index (χ3v) is 3.15. The Morgan fingerprint density at radius 1 is 1.39 bits per heavy atom. The van der Waals surface area contributed by atoms with Crippen molar-refractivity contribution in [1.82, 2.24) is 0 Å². The summed E-state index contributed by atoms with van der Waals surface area (Å²) in [5.41, 5.74) is 11.4. The number of carbonyl (C=O) groups is 1. The fraction of sp³-hybridized carbons (Fsp3) is 0.333. The molecule has 18 heavy (non-hydrogen) atoms. The molecule has 1 aromatic rings. The van der Waals surface area contributed by atoms with E-state index < -0.39 is 0 Å². The number of hydrogen-bond donors (Lipinski definition) is 2. The predicted octanol–water partition coefficient (Wildman–Crippen LogP) is 0.870. The first-order valence-corrected chi connectivity index (χ1v) is 5.92. The average Bonchev–Trinajstić information content (AvgIpc) is 2.76. The molecule has 1 aliphatic rings. The lowest BCUT2D eigenvalue weighted by Crippen LogP contribution is -2.28. The van der Waals surface area contributed by atoms with Crippen LogP contribution < -0.4 is 11.5 Å². The van der Waals surface area contributed by atoms with Crippen LogP contribution in [0.4, 0.5) is 0 Å². The van der Waals surface area contributed by atoms with Gasteiger partial charge in [-0.3, -0.25) is 4.79 Å². The molecule has 2 atom stereocenters. The number of ether oxygens (including phenoxy) is 1. The summed E-state index contributed by atoms with van der Waals surface area (Å²) in [5, 5.41) is 0.632. The van der Waals surface area contributed by atoms with Crippen LogP contribution in [0.2, 0.25) is 5.02 Å². The van der Waals surface area contributed by atoms with E-state index in [1.165, 1.54) is 0 Å². The molecule has 1 fully saturated rings. The fourth-order valence-corrected chi connectivity index (χ4v) is 2.27. The maximum atomic E-state index is 11.9. The minimum Gasteiger partial charge on any atom is -0.380 e. The highest BCUT2D eigenvalue weighted by molar-refractivity contribution is 6.30. The Balaban J connectivity index is 2.22. The highest BCUT2D eigenvalue weighted by atomic mass is 35.5. The van der Waals surface area contributed by atoms with Gasteiger partial charge < -0.3 is 16.2 Å². The lowest BCUT2D eigenvalue weighted by Gasteiger charge is -2.15. The van der Waals surface area contributed by atoms with Crippen molar-refractivity contribution in [3.63, 3.8) is 0 Å². The van der Waals surface area contributed by atoms with Crippen LogP contribution in [0.5, 0.6) is 0 Å². The Hall–Kier alpha value is -1.59. The zero-order valence-electron chi connectivity index (χ0n) is 9.67. The third kappa shape index (κ3) is 2.80. The number of hydrogen-bond acceptors (Lipinski definition) is 2. The molecule has 0 saturated carbocycles. The van der Waals surface area contributed by atoms with Crippen LogP contribution in [0.1, 0.15) is 11.5 Å². The molecular formula is C12H14ClN3O2. The lowest BCUT2D eigenvalue weighted by molar-refractivity contribution is -0.121. The van der Waals surface area contributed by atoms with Gasteiger partial charge >= 0.3 is 0 Å². The zero-order chi connectivity index (χ0) is 13.1. The molecule has 2 unspecified atom stereocenters. The number of carbonyl (C=O) groups excluding carboxylic acids is 1. The first-order valence-electron chi connectivity index (χ1n) is 5.54. The molecule has 1 aliphatic heterocycles. The number of nitrogens with two attached hydrogens (primary N) is 2. The third-order valence-electron chi connectivity index (χ3n) is 2.91. The van der Waals surface area contributed by atoms with Crippen molar-refractivity contribution in [3.05, 3.63) is 34.9 Å². The molecule has 1 amide bonds. The largest absolute Gasteiger partial charge is 0.380 e. The molecule has 0 radical (unpaired) electrons. The Kier molecular flexibility index (Phi) is 3.84. The Morgan fingerprint density at radius 3 is 2.83 bits per heavy atom. The average molecular weight is 268 g/mol. The van der Waals surface area contributed by atoms with Crippen molar-refractivity contribution in [2.75, 3.05) is 13.2 Å². The van der Waals surface area contributed by atoms with Crippen molar-refractivity contribution in [2.24, 2.45) is 22.4 Å². The van der Waals surface area contributed by atoms with E-state index in [1.54, 1.807) is 6.07 Å². The van der Waals surface area contributed by atoms with Crippen LogP contribution in [-0.4, -0.2) is 25.1 Å². The zero-order valence-corrected chi connectivity index (χ0v) is 10.4. The van der Waals surface area contributed by atoms with Crippen LogP contribution in [-0.2, 0) is 9.53 Å². The van der Waals surface area contributed by atoms with Crippen LogP contribution in [0, 0.1) is 5.92 Å². The van der Waals surface area contributed by atoms with Gasteiger partial charge in [0.05, 0.1) is 19.1 Å². The first kappa shape index (κ1) is 12.9. The number of guanidine groups is 1. The van der Waals surface area contributed by atoms with Gasteiger partial charge in [-0.2, -0.15) is 4.99 Å². The van der Waals surface area contributed by atoms with Crippen LogP contribution >= 0.6 is 11.6 Å². The molecule has 5 nitrogen and oxygen atoms in total. The summed E-state index contributed by atoms with van der Waals surface area (Å²) in [4.78, 5) is 15.4. The van der Waals surface area contributed by atoms with Gasteiger partial charge in [-0.25, -0.2) is 0 Å². The molecule has 1 saturated heterocycles. The second-order valence-electron chi connectivity index (χ2n) is 4.18. The topological polar surface area (TPSA) is 90.7 Å². The van der Waals surface area contributed by atoms with Gasteiger partial charge in [0.2, 0.25) is 0 Å². The van der Waals surface area contributed by atoms with Gasteiger partial charge in [-0.15, -0.1) is 0 Å². The number of benzene rings is 1. The van der Waals surface area contributed by atoms with Crippen LogP contribution in [0.3, 0.4) is 0 Å². The Labute approximate surface area is 110 Å². The molecule has 6 heteroatoms. The quantitative estimate of drug-likeness (QED) is 0.614. The second-order valence-corrected chi connectivity index (χ2v) is 4.62. The number of nitrogens with zero attached hydrogens (tertiary/aromatic N) is 1. The van der Waals surface area contributed by atoms with Crippen molar-refractivity contribution >= 4 is 23.5 Å². The normalized spacial score (nSPS) is 22.7. The van der Waals surface area contributed by atoms with E-state index >= 15 is 0 Å². The Morgan fingerprint density at radius 2 is 2.17 bits per heavy atom. The van der Waals surface area contributed by atoms with Gasteiger partial charge in [0, 0.05) is 10.9 Å². The predicted molar refractivity (Wildman–Crippen MR) is 69.3 cm³/mol. The number of amides is 1. The van der Waals surface area contributed by atoms with Gasteiger partial charge in [-0.1, -0.05) is 23.7 Å². The van der Waals surface area contributed by atoms with Crippen molar-refractivity contribution < 1.29 is 9.53 Å². The second kappa shape index (κ2) is 5.37. The summed E-state index contributed by atoms with van der Waals surface area (Å²) < 4.78 is 5.35. The van der Waals surface area contributed by atoms with E-state index in [2.05, 4.69) is 4.99 Å². The summed E-state index contributed by atoms with van der Waals surface area (Å²) in [7, 11) is 0. The van der Waals surface area contributed by atoms with Crippen molar-refractivity contribution in [3.8, 4) is 0 Å². The molecule has 1 heterocycles. The maximum Gasteiger partial charge on any atom is 0.255 e. The van der Waals surface area contributed by atoms with Crippen molar-refractivity contribution in [2.45, 2.75) is 5.92 Å². The molecule has 0 aromatic heterocycles. The number of rotatable bonds is 2. The van der Waals surface area contributed by atoms with E-state index in [4.69, 9.17) is 27.8 Å². The van der Waals surface area contributed by atoms with Crippen LogP contribution in [0.15, 0.2) is 29.3 Å². The lowest BCUT2D eigenvalue weighted by atomic mass is 9.88. The van der Waals surface area contributed by atoms with Crippen molar-refractivity contribution in [1.29, 1.82) is 0 Å². The molecule has 0 aliphatic carbocycles. The van der Waals surface area contributed by atoms with Gasteiger partial charge in [0.15, 0.2) is 5.96 Å². The summed E-state index contributed by atoms with van der Waals surface area (Å²) in [6.07, 6.45) is 0. The highest BCUT2D eigenvalue weighted by Crippen LogP contribution is 2.32. The minimum absolute atomic E-state index is 0.0562. The monoisotopic (exact) mass is 267 g/mol. The summed E-state index contributed by atoms with van der Waals surface area (Å²) >= 11 is 5.94. The first-order chi connectivity index (χ1) is 8.58. The Bertz CT molecular complexity index is 486. The molecular weight excluding hydrogens is 254 g/mol. The smallest absolute Gasteiger partial charge is 0.255 e. The maximum absolute atomic E-state index is 11.9. The van der Waals surface area contributed by atoms with Gasteiger partial charge in [0.1, 0.15) is 0 Å². The van der Waals surface area contributed by atoms with Crippen LogP contribution in [0.25, 0.3) is 0 Å². The standard InChI is InChI=1S/C12H14ClN3O2/c13-8-3-1-2-7(4-8)9-5-18-6-10(9)11(17)16-12(14)15/h1-4,9-10H,5-6H2,(H4,14,15,16,17). The summed E-state index contributed by atoms with van der Waals surface area (Å²) in [5.74, 6) is -0.987. The van der Waals surface area contributed by atoms with E-state index in [9.17, 15) is 4.79 Å².